The number of rotatable bonds is 2. The summed E-state index contributed by atoms with van der Waals surface area (Å²) < 4.78 is 0. The van der Waals surface area contributed by atoms with Gasteiger partial charge in [0.05, 0.1) is 0 Å². The summed E-state index contributed by atoms with van der Waals surface area (Å²) in [7, 11) is 0. The minimum Gasteiger partial charge on any atom is -0.292 e. The van der Waals surface area contributed by atoms with Gasteiger partial charge >= 0.3 is 0 Å². The molecular weight excluding hydrogens is 114 g/mol. The van der Waals surface area contributed by atoms with Crippen LogP contribution in [0.3, 0.4) is 0 Å². The zero-order valence-electron chi connectivity index (χ0n) is 5.29. The molecule has 0 saturated heterocycles. The molecular formula is C7H8NO. The van der Waals surface area contributed by atoms with Crippen LogP contribution in [0.5, 0.6) is 0 Å². The van der Waals surface area contributed by atoms with Crippen molar-refractivity contribution in [2.45, 2.75) is 13.3 Å². The molecule has 0 atom stereocenters. The van der Waals surface area contributed by atoms with Crippen LogP contribution in [0.4, 0.5) is 0 Å². The molecule has 0 fully saturated rings. The summed E-state index contributed by atoms with van der Waals surface area (Å²) in [5.41, 5.74) is 0.581. The largest absolute Gasteiger partial charge is 0.292 e. The lowest BCUT2D eigenvalue weighted by atomic mass is 10.2. The molecule has 0 aromatic carbocycles. The smallest absolute Gasteiger partial charge is 0.180 e. The first-order valence-corrected chi connectivity index (χ1v) is 2.95. The maximum Gasteiger partial charge on any atom is 0.180 e. The summed E-state index contributed by atoms with van der Waals surface area (Å²) in [5, 5.41) is 3.84. The Labute approximate surface area is 54.3 Å². The minimum atomic E-state index is 0.111. The van der Waals surface area contributed by atoms with Crippen molar-refractivity contribution >= 4 is 5.78 Å². The molecule has 9 heavy (non-hydrogen) atoms. The number of allylic oxidation sites excluding steroid dienone is 3. The number of Topliss-reactive ketones (excluding diaryl/α,β-unsaturated/α-hetero) is 1. The van der Waals surface area contributed by atoms with Gasteiger partial charge in [-0.2, -0.15) is 0 Å². The molecule has 1 aliphatic heterocycles. The average molecular weight is 122 g/mol. The van der Waals surface area contributed by atoms with E-state index >= 15 is 0 Å². The average Bonchev–Trinajstić information content (AvgIpc) is 2.37. The Bertz CT molecular complexity index is 179. The van der Waals surface area contributed by atoms with E-state index < -0.39 is 0 Å². The van der Waals surface area contributed by atoms with Crippen molar-refractivity contribution in [3.05, 3.63) is 24.0 Å². The maximum atomic E-state index is 10.8. The molecule has 0 unspecified atom stereocenters. The highest BCUT2D eigenvalue weighted by Gasteiger charge is 2.07. The number of hydrogen-bond acceptors (Lipinski definition) is 1. The monoisotopic (exact) mass is 122 g/mol. The lowest BCUT2D eigenvalue weighted by Gasteiger charge is -1.93. The van der Waals surface area contributed by atoms with Gasteiger partial charge in [-0.25, -0.2) is 0 Å². The normalized spacial score (nSPS) is 15.0. The summed E-state index contributed by atoms with van der Waals surface area (Å²) in [6.07, 6.45) is 5.66. The zero-order chi connectivity index (χ0) is 6.69. The second-order valence-corrected chi connectivity index (χ2v) is 1.80. The predicted octanol–water partition coefficient (Wildman–Crippen LogP) is 0.981. The minimum absolute atomic E-state index is 0.111. The Morgan fingerprint density at radius 2 is 2.56 bits per heavy atom. The second kappa shape index (κ2) is 2.49. The fourth-order valence-corrected chi connectivity index (χ4v) is 0.647. The van der Waals surface area contributed by atoms with Crippen molar-refractivity contribution in [3.63, 3.8) is 0 Å². The second-order valence-electron chi connectivity index (χ2n) is 1.80. The summed E-state index contributed by atoms with van der Waals surface area (Å²) in [6, 6.07) is 0. The van der Waals surface area contributed by atoms with Crippen molar-refractivity contribution in [2.24, 2.45) is 0 Å². The van der Waals surface area contributed by atoms with E-state index in [0.717, 1.165) is 0 Å². The van der Waals surface area contributed by atoms with Crippen LogP contribution in [0.1, 0.15) is 13.3 Å². The molecule has 2 heteroatoms. The molecule has 0 amide bonds. The van der Waals surface area contributed by atoms with E-state index in [2.05, 4.69) is 5.32 Å². The number of hydrogen-bond donors (Lipinski definition) is 0. The zero-order valence-corrected chi connectivity index (χ0v) is 5.29. The Morgan fingerprint density at radius 1 is 1.78 bits per heavy atom. The quantitative estimate of drug-likeness (QED) is 0.537. The summed E-state index contributed by atoms with van der Waals surface area (Å²) >= 11 is 0. The van der Waals surface area contributed by atoms with Crippen molar-refractivity contribution in [3.8, 4) is 0 Å². The molecule has 0 N–H and O–H groups in total. The number of carbonyl (C=O) groups excluding carboxylic acids is 1. The molecule has 2 nitrogen and oxygen atoms in total. The first-order chi connectivity index (χ1) is 4.34. The van der Waals surface area contributed by atoms with Gasteiger partial charge in [-0.15, -0.1) is 0 Å². The first kappa shape index (κ1) is 6.08. The van der Waals surface area contributed by atoms with Crippen molar-refractivity contribution in [1.82, 2.24) is 5.32 Å². The standard InChI is InChI=1S/C7H8NO/c1-2-7(9)6-4-3-5-8-6/h3-5H,2H2,1H3. The number of nitrogens with zero attached hydrogens (tertiary/aromatic N) is 1. The van der Waals surface area contributed by atoms with Crippen LogP contribution in [0.2, 0.25) is 0 Å². The lowest BCUT2D eigenvalue weighted by molar-refractivity contribution is -0.115. The highest BCUT2D eigenvalue weighted by molar-refractivity contribution is 5.95. The topological polar surface area (TPSA) is 31.2 Å². The lowest BCUT2D eigenvalue weighted by Crippen LogP contribution is -2.05. The van der Waals surface area contributed by atoms with Crippen LogP contribution in [0.25, 0.3) is 0 Å². The first-order valence-electron chi connectivity index (χ1n) is 2.95. The van der Waals surface area contributed by atoms with Gasteiger partial charge < -0.3 is 0 Å². The fourth-order valence-electron chi connectivity index (χ4n) is 0.647. The van der Waals surface area contributed by atoms with Crippen LogP contribution < -0.4 is 5.32 Å². The van der Waals surface area contributed by atoms with Gasteiger partial charge in [0.15, 0.2) is 5.78 Å². The third-order valence-corrected chi connectivity index (χ3v) is 1.16. The van der Waals surface area contributed by atoms with Crippen molar-refractivity contribution < 1.29 is 4.79 Å². The number of carbonyl (C=O) groups is 1. The third-order valence-electron chi connectivity index (χ3n) is 1.16. The van der Waals surface area contributed by atoms with Crippen molar-refractivity contribution in [2.75, 3.05) is 0 Å². The van der Waals surface area contributed by atoms with Crippen LogP contribution in [0, 0.1) is 0 Å². The van der Waals surface area contributed by atoms with E-state index in [-0.39, 0.29) is 5.78 Å². The Balaban J connectivity index is 2.55. The molecule has 1 heterocycles. The summed E-state index contributed by atoms with van der Waals surface area (Å²) in [6.45, 7) is 1.83. The van der Waals surface area contributed by atoms with Crippen LogP contribution in [-0.2, 0) is 4.79 Å². The van der Waals surface area contributed by atoms with E-state index in [4.69, 9.17) is 0 Å². The SMILES string of the molecule is CCC(=O)C1=CC=C[N]1. The molecule has 1 radical (unpaired) electrons. The van der Waals surface area contributed by atoms with Crippen LogP contribution in [-0.4, -0.2) is 5.78 Å². The van der Waals surface area contributed by atoms with Gasteiger partial charge in [0.1, 0.15) is 5.70 Å². The molecule has 0 saturated carbocycles. The van der Waals surface area contributed by atoms with E-state index in [1.807, 2.05) is 6.92 Å². The maximum absolute atomic E-state index is 10.8. The van der Waals surface area contributed by atoms with Gasteiger partial charge in [0, 0.05) is 12.6 Å². The summed E-state index contributed by atoms with van der Waals surface area (Å²) in [4.78, 5) is 10.8. The Morgan fingerprint density at radius 3 is 3.00 bits per heavy atom. The van der Waals surface area contributed by atoms with E-state index in [1.165, 1.54) is 0 Å². The fraction of sp³-hybridized carbons (Fsp3) is 0.286. The van der Waals surface area contributed by atoms with Gasteiger partial charge in [0.25, 0.3) is 0 Å². The third kappa shape index (κ3) is 1.19. The van der Waals surface area contributed by atoms with Crippen LogP contribution in [0.15, 0.2) is 24.0 Å². The van der Waals surface area contributed by atoms with Crippen molar-refractivity contribution in [1.29, 1.82) is 0 Å². The highest BCUT2D eigenvalue weighted by Crippen LogP contribution is 2.02. The molecule has 1 rings (SSSR count). The predicted molar refractivity (Wildman–Crippen MR) is 34.7 cm³/mol. The summed E-state index contributed by atoms with van der Waals surface area (Å²) in [5.74, 6) is 0.111. The molecule has 0 aliphatic carbocycles. The highest BCUT2D eigenvalue weighted by atomic mass is 16.1. The molecule has 47 valence electrons. The molecule has 0 aromatic heterocycles. The van der Waals surface area contributed by atoms with Gasteiger partial charge in [0.2, 0.25) is 0 Å². The number of ketones is 1. The molecule has 0 spiro atoms. The molecule has 0 bridgehead atoms. The van der Waals surface area contributed by atoms with Gasteiger partial charge in [-0.3, -0.25) is 10.1 Å². The van der Waals surface area contributed by atoms with E-state index in [1.54, 1.807) is 18.4 Å². The van der Waals surface area contributed by atoms with E-state index in [9.17, 15) is 4.79 Å². The molecule has 1 aliphatic rings. The Hall–Kier alpha value is -1.05. The van der Waals surface area contributed by atoms with E-state index in [0.29, 0.717) is 12.1 Å². The molecule has 0 aromatic rings. The van der Waals surface area contributed by atoms with Gasteiger partial charge in [-0.1, -0.05) is 6.92 Å². The Kier molecular flexibility index (Phi) is 1.68. The van der Waals surface area contributed by atoms with Crippen LogP contribution >= 0.6 is 0 Å². The van der Waals surface area contributed by atoms with Gasteiger partial charge in [-0.05, 0) is 12.2 Å².